The van der Waals surface area contributed by atoms with Crippen LogP contribution in [0.5, 0.6) is 5.75 Å². The first-order valence-electron chi connectivity index (χ1n) is 12.0. The molecule has 0 fully saturated rings. The summed E-state index contributed by atoms with van der Waals surface area (Å²) in [5.41, 5.74) is 5.41. The molecule has 0 aliphatic carbocycles. The summed E-state index contributed by atoms with van der Waals surface area (Å²) in [6, 6.07) is 35.9. The second kappa shape index (κ2) is 10.5. The first-order valence-corrected chi connectivity index (χ1v) is 12.0. The molecule has 0 spiro atoms. The van der Waals surface area contributed by atoms with Gasteiger partial charge in [-0.05, 0) is 39.8 Å². The van der Waals surface area contributed by atoms with Gasteiger partial charge in [-0.3, -0.25) is 0 Å². The monoisotopic (exact) mass is 466 g/mol. The molecule has 0 amide bonds. The summed E-state index contributed by atoms with van der Waals surface area (Å²) < 4.78 is 11.6. The molecule has 1 N–H and O–H groups in total. The Kier molecular flexibility index (Phi) is 7.39. The van der Waals surface area contributed by atoms with Crippen LogP contribution in [-0.4, -0.2) is 19.0 Å². The predicted octanol–water partition coefficient (Wildman–Crippen LogP) is 6.84. The average molecular weight is 467 g/mol. The van der Waals surface area contributed by atoms with E-state index >= 15 is 0 Å². The van der Waals surface area contributed by atoms with E-state index in [0.717, 1.165) is 33.4 Å². The molecule has 0 aromatic heterocycles. The molecule has 0 aliphatic heterocycles. The Morgan fingerprint density at radius 2 is 1.11 bits per heavy atom. The van der Waals surface area contributed by atoms with Crippen molar-refractivity contribution in [3.8, 4) is 5.75 Å². The standard InChI is InChI=1S/C32H34O3/c1-31(2,3)28-20-24(22-33)30(35-23-34-4)29(21-28)32(25-14-8-5-9-15-25,26-16-10-6-11-17-26)27-18-12-7-13-19-27/h5-21,33H,22-23H2,1-4H3. The Hall–Kier alpha value is -3.40. The lowest BCUT2D eigenvalue weighted by atomic mass is 9.63. The van der Waals surface area contributed by atoms with Crippen LogP contribution in [0, 0.1) is 0 Å². The molecule has 4 aromatic carbocycles. The summed E-state index contributed by atoms with van der Waals surface area (Å²) in [6.45, 7) is 6.53. The number of ether oxygens (including phenoxy) is 2. The summed E-state index contributed by atoms with van der Waals surface area (Å²) in [5.74, 6) is 0.652. The third-order valence-electron chi connectivity index (χ3n) is 6.55. The molecule has 0 atom stereocenters. The minimum atomic E-state index is -0.683. The molecule has 0 heterocycles. The molecule has 35 heavy (non-hydrogen) atoms. The predicted molar refractivity (Wildman–Crippen MR) is 142 cm³/mol. The second-order valence-electron chi connectivity index (χ2n) is 9.82. The lowest BCUT2D eigenvalue weighted by Crippen LogP contribution is -2.32. The lowest BCUT2D eigenvalue weighted by Gasteiger charge is -2.39. The van der Waals surface area contributed by atoms with Gasteiger partial charge in [-0.1, -0.05) is 112 Å². The highest BCUT2D eigenvalue weighted by molar-refractivity contribution is 5.65. The van der Waals surface area contributed by atoms with Gasteiger partial charge < -0.3 is 14.6 Å². The molecule has 0 unspecified atom stereocenters. The Bertz CT molecular complexity index is 1130. The number of hydrogen-bond acceptors (Lipinski definition) is 3. The highest BCUT2D eigenvalue weighted by Gasteiger charge is 2.42. The number of aliphatic hydroxyl groups excluding tert-OH is 1. The number of benzene rings is 4. The summed E-state index contributed by atoms with van der Waals surface area (Å²) in [5, 5.41) is 10.5. The SMILES string of the molecule is COCOc1c(CO)cc(C(C)(C)C)cc1C(c1ccccc1)(c1ccccc1)c1ccccc1. The van der Waals surface area contributed by atoms with Gasteiger partial charge in [0.25, 0.3) is 0 Å². The zero-order chi connectivity index (χ0) is 24.9. The zero-order valence-corrected chi connectivity index (χ0v) is 21.0. The molecule has 0 bridgehead atoms. The smallest absolute Gasteiger partial charge is 0.188 e. The first-order chi connectivity index (χ1) is 16.9. The van der Waals surface area contributed by atoms with Crippen LogP contribution in [-0.2, 0) is 22.2 Å². The van der Waals surface area contributed by atoms with Crippen molar-refractivity contribution >= 4 is 0 Å². The third-order valence-corrected chi connectivity index (χ3v) is 6.55. The van der Waals surface area contributed by atoms with Crippen molar-refractivity contribution in [3.05, 3.63) is 137 Å². The molecule has 0 saturated heterocycles. The van der Waals surface area contributed by atoms with Crippen LogP contribution in [0.3, 0.4) is 0 Å². The van der Waals surface area contributed by atoms with Gasteiger partial charge in [-0.25, -0.2) is 0 Å². The largest absolute Gasteiger partial charge is 0.467 e. The summed E-state index contributed by atoms with van der Waals surface area (Å²) in [4.78, 5) is 0. The van der Waals surface area contributed by atoms with E-state index in [1.165, 1.54) is 0 Å². The molecule has 0 radical (unpaired) electrons. The van der Waals surface area contributed by atoms with Gasteiger partial charge in [0.15, 0.2) is 6.79 Å². The zero-order valence-electron chi connectivity index (χ0n) is 21.0. The maximum atomic E-state index is 10.5. The minimum Gasteiger partial charge on any atom is -0.467 e. The Morgan fingerprint density at radius 1 is 0.657 bits per heavy atom. The lowest BCUT2D eigenvalue weighted by molar-refractivity contribution is 0.0484. The minimum absolute atomic E-state index is 0.0866. The molecule has 180 valence electrons. The van der Waals surface area contributed by atoms with Crippen LogP contribution in [0.15, 0.2) is 103 Å². The molecule has 0 saturated carbocycles. The summed E-state index contributed by atoms with van der Waals surface area (Å²) in [7, 11) is 1.61. The fraction of sp³-hybridized carbons (Fsp3) is 0.250. The Balaban J connectivity index is 2.23. The van der Waals surface area contributed by atoms with E-state index in [-0.39, 0.29) is 18.8 Å². The van der Waals surface area contributed by atoms with Gasteiger partial charge in [-0.15, -0.1) is 0 Å². The van der Waals surface area contributed by atoms with Crippen LogP contribution in [0.25, 0.3) is 0 Å². The summed E-state index contributed by atoms with van der Waals surface area (Å²) in [6.07, 6.45) is 0. The second-order valence-corrected chi connectivity index (χ2v) is 9.82. The van der Waals surface area contributed by atoms with E-state index in [1.54, 1.807) is 7.11 Å². The van der Waals surface area contributed by atoms with Gasteiger partial charge in [0.2, 0.25) is 0 Å². The van der Waals surface area contributed by atoms with Crippen LogP contribution in [0.2, 0.25) is 0 Å². The van der Waals surface area contributed by atoms with Gasteiger partial charge in [0, 0.05) is 18.2 Å². The van der Waals surface area contributed by atoms with E-state index in [0.29, 0.717) is 5.75 Å². The average Bonchev–Trinajstić information content (AvgIpc) is 2.89. The molecule has 0 aliphatic rings. The molecule has 3 nitrogen and oxygen atoms in total. The van der Waals surface area contributed by atoms with Crippen molar-refractivity contribution in [3.63, 3.8) is 0 Å². The Labute approximate surface area is 209 Å². The van der Waals surface area contributed by atoms with Crippen LogP contribution in [0.1, 0.15) is 54.2 Å². The van der Waals surface area contributed by atoms with Crippen molar-refractivity contribution in [1.29, 1.82) is 0 Å². The van der Waals surface area contributed by atoms with E-state index in [9.17, 15) is 5.11 Å². The van der Waals surface area contributed by atoms with Crippen molar-refractivity contribution in [1.82, 2.24) is 0 Å². The van der Waals surface area contributed by atoms with Gasteiger partial charge >= 0.3 is 0 Å². The highest BCUT2D eigenvalue weighted by atomic mass is 16.7. The molecule has 4 aromatic rings. The van der Waals surface area contributed by atoms with Crippen molar-refractivity contribution < 1.29 is 14.6 Å². The number of aliphatic hydroxyl groups is 1. The van der Waals surface area contributed by atoms with Gasteiger partial charge in [0.05, 0.1) is 12.0 Å². The van der Waals surface area contributed by atoms with E-state index in [2.05, 4.69) is 106 Å². The number of hydrogen-bond donors (Lipinski definition) is 1. The molecular formula is C32H34O3. The molecule has 4 rings (SSSR count). The van der Waals surface area contributed by atoms with Crippen LogP contribution >= 0.6 is 0 Å². The first kappa shape index (κ1) is 24.7. The van der Waals surface area contributed by atoms with Crippen LogP contribution in [0.4, 0.5) is 0 Å². The quantitative estimate of drug-likeness (QED) is 0.228. The normalized spacial score (nSPS) is 11.9. The van der Waals surface area contributed by atoms with Crippen molar-refractivity contribution in [2.45, 2.75) is 38.2 Å². The van der Waals surface area contributed by atoms with Gasteiger partial charge in [-0.2, -0.15) is 0 Å². The van der Waals surface area contributed by atoms with Gasteiger partial charge in [0.1, 0.15) is 5.75 Å². The molecular weight excluding hydrogens is 432 g/mol. The van der Waals surface area contributed by atoms with E-state index < -0.39 is 5.41 Å². The van der Waals surface area contributed by atoms with Crippen LogP contribution < -0.4 is 4.74 Å². The topological polar surface area (TPSA) is 38.7 Å². The number of rotatable bonds is 8. The maximum absolute atomic E-state index is 10.5. The maximum Gasteiger partial charge on any atom is 0.188 e. The van der Waals surface area contributed by atoms with Crippen molar-refractivity contribution in [2.24, 2.45) is 0 Å². The van der Waals surface area contributed by atoms with E-state index in [1.807, 2.05) is 18.2 Å². The molecule has 3 heteroatoms. The fourth-order valence-electron chi connectivity index (χ4n) is 4.84. The Morgan fingerprint density at radius 3 is 1.49 bits per heavy atom. The third kappa shape index (κ3) is 4.75. The number of methoxy groups -OCH3 is 1. The summed E-state index contributed by atoms with van der Waals surface area (Å²) >= 11 is 0. The van der Waals surface area contributed by atoms with Crippen molar-refractivity contribution in [2.75, 3.05) is 13.9 Å². The highest BCUT2D eigenvalue weighted by Crippen LogP contribution is 2.50. The fourth-order valence-corrected chi connectivity index (χ4v) is 4.84. The van der Waals surface area contributed by atoms with E-state index in [4.69, 9.17) is 9.47 Å².